The molecule has 2 aliphatic heterocycles. The zero-order valence-corrected chi connectivity index (χ0v) is 30.0. The van der Waals surface area contributed by atoms with E-state index in [0.717, 1.165) is 16.7 Å². The third kappa shape index (κ3) is 10.2. The van der Waals surface area contributed by atoms with Gasteiger partial charge in [-0.3, -0.25) is 24.6 Å². The molecule has 1 amide bonds. The summed E-state index contributed by atoms with van der Waals surface area (Å²) >= 11 is 0. The Morgan fingerprint density at radius 1 is 0.745 bits per heavy atom. The van der Waals surface area contributed by atoms with Crippen LogP contribution >= 0.6 is 0 Å². The Kier molecular flexibility index (Phi) is 13.4. The molecule has 2 aliphatic rings. The van der Waals surface area contributed by atoms with Crippen molar-refractivity contribution in [2.24, 2.45) is 0 Å². The van der Waals surface area contributed by atoms with Gasteiger partial charge in [0.25, 0.3) is 0 Å². The lowest BCUT2D eigenvalue weighted by molar-refractivity contribution is -0.287. The summed E-state index contributed by atoms with van der Waals surface area (Å²) in [7, 11) is 0. The largest absolute Gasteiger partial charge is 0.460 e. The van der Waals surface area contributed by atoms with Crippen molar-refractivity contribution in [3.8, 4) is 0 Å². The molecule has 13 nitrogen and oxygen atoms in total. The number of aliphatic hydroxyl groups excluding tert-OH is 3. The van der Waals surface area contributed by atoms with E-state index in [4.69, 9.17) is 18.9 Å². The zero-order chi connectivity index (χ0) is 38.7. The minimum atomic E-state index is -1.93. The fourth-order valence-corrected chi connectivity index (χ4v) is 6.58. The van der Waals surface area contributed by atoms with Crippen LogP contribution in [0.15, 0.2) is 115 Å². The SMILES string of the molecule is O=C(CN1C(=O)[C@@H](N[C@H](CCc2ccccc2)C(=O)OCc2ccccc2)CCc2ccccc21)O[C@@H]1OC(C(=O)OCc2ccccc2)[C@@H](O)C(O)C1O. The molecule has 13 heteroatoms. The van der Waals surface area contributed by atoms with Gasteiger partial charge >= 0.3 is 17.9 Å². The summed E-state index contributed by atoms with van der Waals surface area (Å²) in [4.78, 5) is 55.5. The molecular weight excluding hydrogens is 708 g/mol. The second-order valence-corrected chi connectivity index (χ2v) is 13.5. The molecule has 4 aromatic rings. The molecule has 2 heterocycles. The lowest BCUT2D eigenvalue weighted by atomic mass is 9.99. The average molecular weight is 753 g/mol. The Labute approximate surface area is 318 Å². The maximum absolute atomic E-state index is 14.3. The molecule has 0 bridgehead atoms. The molecule has 0 aromatic heterocycles. The van der Waals surface area contributed by atoms with Crippen molar-refractivity contribution >= 4 is 29.5 Å². The highest BCUT2D eigenvalue weighted by molar-refractivity contribution is 6.02. The second kappa shape index (κ2) is 18.7. The number of fused-ring (bicyclic) bond motifs is 1. The van der Waals surface area contributed by atoms with Gasteiger partial charge in [0.2, 0.25) is 12.2 Å². The molecule has 0 aliphatic carbocycles. The number of nitrogens with zero attached hydrogens (tertiary/aromatic N) is 1. The van der Waals surface area contributed by atoms with E-state index in [9.17, 15) is 34.5 Å². The van der Waals surface area contributed by atoms with Crippen LogP contribution in [-0.4, -0.2) is 88.5 Å². The van der Waals surface area contributed by atoms with E-state index in [1.54, 1.807) is 42.5 Å². The highest BCUT2D eigenvalue weighted by atomic mass is 16.7. The first-order chi connectivity index (χ1) is 26.7. The van der Waals surface area contributed by atoms with E-state index < -0.39 is 73.1 Å². The van der Waals surface area contributed by atoms with Crippen LogP contribution in [0.3, 0.4) is 0 Å². The number of aliphatic hydroxyl groups is 3. The predicted molar refractivity (Wildman–Crippen MR) is 198 cm³/mol. The second-order valence-electron chi connectivity index (χ2n) is 13.5. The normalized spacial score (nSPS) is 22.8. The van der Waals surface area contributed by atoms with Gasteiger partial charge in [-0.2, -0.15) is 0 Å². The van der Waals surface area contributed by atoms with Crippen LogP contribution < -0.4 is 10.2 Å². The average Bonchev–Trinajstić information content (AvgIpc) is 3.34. The molecule has 0 spiro atoms. The van der Waals surface area contributed by atoms with E-state index in [1.165, 1.54) is 4.90 Å². The van der Waals surface area contributed by atoms with Crippen LogP contribution in [0.25, 0.3) is 0 Å². The van der Waals surface area contributed by atoms with Crippen molar-refractivity contribution in [1.82, 2.24) is 5.32 Å². The third-order valence-corrected chi connectivity index (χ3v) is 9.58. The number of amides is 1. The molecule has 7 atom stereocenters. The van der Waals surface area contributed by atoms with Gasteiger partial charge in [-0.05, 0) is 54.0 Å². The first kappa shape index (κ1) is 39.3. The highest BCUT2D eigenvalue weighted by Crippen LogP contribution is 2.29. The van der Waals surface area contributed by atoms with Gasteiger partial charge in [-0.25, -0.2) is 4.79 Å². The van der Waals surface area contributed by atoms with Crippen molar-refractivity contribution in [3.63, 3.8) is 0 Å². The number of aryl methyl sites for hydroxylation is 2. The van der Waals surface area contributed by atoms with Gasteiger partial charge in [0.05, 0.1) is 6.04 Å². The van der Waals surface area contributed by atoms with Gasteiger partial charge in [-0.15, -0.1) is 0 Å². The number of hydrogen-bond donors (Lipinski definition) is 4. The monoisotopic (exact) mass is 752 g/mol. The first-order valence-corrected chi connectivity index (χ1v) is 18.2. The summed E-state index contributed by atoms with van der Waals surface area (Å²) in [5, 5.41) is 35.0. The van der Waals surface area contributed by atoms with Crippen LogP contribution in [-0.2, 0) is 64.2 Å². The number of para-hydroxylation sites is 1. The molecule has 55 heavy (non-hydrogen) atoms. The number of hydrogen-bond acceptors (Lipinski definition) is 12. The fourth-order valence-electron chi connectivity index (χ4n) is 6.58. The quantitative estimate of drug-likeness (QED) is 0.109. The van der Waals surface area contributed by atoms with Crippen LogP contribution in [0, 0.1) is 0 Å². The van der Waals surface area contributed by atoms with Crippen molar-refractivity contribution < 1.29 is 53.4 Å². The Balaban J connectivity index is 1.15. The van der Waals surface area contributed by atoms with E-state index >= 15 is 0 Å². The van der Waals surface area contributed by atoms with Gasteiger partial charge in [0.15, 0.2) is 6.10 Å². The van der Waals surface area contributed by atoms with Crippen molar-refractivity contribution in [1.29, 1.82) is 0 Å². The van der Waals surface area contributed by atoms with E-state index in [-0.39, 0.29) is 13.2 Å². The molecule has 4 aromatic carbocycles. The maximum atomic E-state index is 14.3. The molecule has 1 fully saturated rings. The van der Waals surface area contributed by atoms with Crippen molar-refractivity contribution in [2.75, 3.05) is 11.4 Å². The smallest absolute Gasteiger partial charge is 0.338 e. The van der Waals surface area contributed by atoms with Gasteiger partial charge in [-0.1, -0.05) is 109 Å². The fraction of sp³-hybridized carbons (Fsp3) is 0.333. The molecule has 288 valence electrons. The molecule has 3 unspecified atom stereocenters. The van der Waals surface area contributed by atoms with Gasteiger partial charge in [0.1, 0.15) is 44.1 Å². The molecule has 0 radical (unpaired) electrons. The van der Waals surface area contributed by atoms with Crippen LogP contribution in [0.2, 0.25) is 0 Å². The standard InChI is InChI=1S/C42H44N2O11/c45-34(54-42-37(48)35(46)36(47)38(55-42)41(51)53-26-29-16-8-3-9-17-29)24-44-33-19-11-10-18-30(33)21-23-31(39(44)49)43-32(22-20-27-12-4-1-5-13-27)40(50)52-25-28-14-6-2-7-15-28/h1-19,31-32,35-38,42-43,46-48H,20-26H2/t31-,32+,35?,36-,37?,38?,42+/m0/s1. The summed E-state index contributed by atoms with van der Waals surface area (Å²) in [6.07, 6.45) is -7.80. The Morgan fingerprint density at radius 2 is 1.33 bits per heavy atom. The van der Waals surface area contributed by atoms with Gasteiger partial charge < -0.3 is 34.3 Å². The lowest BCUT2D eigenvalue weighted by Crippen LogP contribution is -2.61. The van der Waals surface area contributed by atoms with Crippen LogP contribution in [0.1, 0.15) is 35.1 Å². The minimum absolute atomic E-state index is 0.0532. The van der Waals surface area contributed by atoms with Crippen LogP contribution in [0.5, 0.6) is 0 Å². The van der Waals surface area contributed by atoms with E-state index in [1.807, 2.05) is 72.8 Å². The number of carbonyl (C=O) groups excluding carboxylic acids is 4. The Morgan fingerprint density at radius 3 is 1.98 bits per heavy atom. The predicted octanol–water partition coefficient (Wildman–Crippen LogP) is 2.76. The molecule has 4 N–H and O–H groups in total. The topological polar surface area (TPSA) is 181 Å². The summed E-state index contributed by atoms with van der Waals surface area (Å²) in [6, 6.07) is 32.9. The highest BCUT2D eigenvalue weighted by Gasteiger charge is 2.49. The molecule has 0 saturated carbocycles. The van der Waals surface area contributed by atoms with Crippen LogP contribution in [0.4, 0.5) is 5.69 Å². The molecule has 1 saturated heterocycles. The molecular formula is C42H44N2O11. The summed E-state index contributed by atoms with van der Waals surface area (Å²) in [5.41, 5.74) is 3.70. The summed E-state index contributed by atoms with van der Waals surface area (Å²) < 4.78 is 21.9. The maximum Gasteiger partial charge on any atom is 0.338 e. The number of rotatable bonds is 14. The van der Waals surface area contributed by atoms with Crippen molar-refractivity contribution in [3.05, 3.63) is 138 Å². The number of benzene rings is 4. The third-order valence-electron chi connectivity index (χ3n) is 9.58. The number of esters is 3. The van der Waals surface area contributed by atoms with E-state index in [0.29, 0.717) is 36.9 Å². The molecule has 6 rings (SSSR count). The number of carbonyl (C=O) groups is 4. The number of anilines is 1. The number of ether oxygens (including phenoxy) is 4. The van der Waals surface area contributed by atoms with Crippen molar-refractivity contribution in [2.45, 2.75) is 81.7 Å². The summed E-state index contributed by atoms with van der Waals surface area (Å²) in [6.45, 7) is -0.744. The first-order valence-electron chi connectivity index (χ1n) is 18.2. The lowest BCUT2D eigenvalue weighted by Gasteiger charge is -2.38. The Bertz CT molecular complexity index is 1900. The summed E-state index contributed by atoms with van der Waals surface area (Å²) in [5.74, 6) is -3.11. The van der Waals surface area contributed by atoms with E-state index in [2.05, 4.69) is 5.32 Å². The number of nitrogens with one attached hydrogen (secondary N) is 1. The zero-order valence-electron chi connectivity index (χ0n) is 30.0. The minimum Gasteiger partial charge on any atom is -0.460 e. The Hall–Kier alpha value is -5.44. The van der Waals surface area contributed by atoms with Gasteiger partial charge in [0, 0.05) is 5.69 Å².